The standard InChI is InChI=1S/C27H29BrN4O/c1-6-9-25-30-24-13-12-22(28)15-23(24)27(33)32(25)29-16-21-14-18(4)31(19(21)5)26-17(3)10-8-11-20(26)7-2/h8,10-16H,6-7,9H2,1-5H3. The van der Waals surface area contributed by atoms with Crippen molar-refractivity contribution in [2.45, 2.75) is 53.9 Å². The zero-order chi connectivity index (χ0) is 23.7. The Hall–Kier alpha value is -2.99. The van der Waals surface area contributed by atoms with Crippen LogP contribution in [0.3, 0.4) is 0 Å². The molecule has 170 valence electrons. The maximum Gasteiger partial charge on any atom is 0.282 e. The molecule has 0 N–H and O–H groups in total. The number of fused-ring (bicyclic) bond motifs is 1. The molecule has 2 heterocycles. The van der Waals surface area contributed by atoms with E-state index in [1.807, 2.05) is 18.2 Å². The summed E-state index contributed by atoms with van der Waals surface area (Å²) in [5.74, 6) is 0.676. The number of hydrogen-bond donors (Lipinski definition) is 0. The first-order chi connectivity index (χ1) is 15.8. The molecule has 2 aromatic carbocycles. The van der Waals surface area contributed by atoms with Gasteiger partial charge in [-0.2, -0.15) is 9.78 Å². The molecule has 0 bridgehead atoms. The maximum atomic E-state index is 13.3. The number of halogens is 1. The van der Waals surface area contributed by atoms with E-state index in [0.717, 1.165) is 34.3 Å². The van der Waals surface area contributed by atoms with Gasteiger partial charge in [0.2, 0.25) is 0 Å². The smallest absolute Gasteiger partial charge is 0.282 e. The molecule has 0 aliphatic carbocycles. The first kappa shape index (κ1) is 23.2. The normalized spacial score (nSPS) is 11.7. The van der Waals surface area contributed by atoms with Crippen LogP contribution < -0.4 is 5.56 Å². The third kappa shape index (κ3) is 4.32. The Bertz CT molecular complexity index is 1430. The Labute approximate surface area is 202 Å². The summed E-state index contributed by atoms with van der Waals surface area (Å²) in [5.41, 5.74) is 7.56. The van der Waals surface area contributed by atoms with Crippen LogP contribution in [0.15, 0.2) is 56.8 Å². The van der Waals surface area contributed by atoms with Crippen LogP contribution >= 0.6 is 15.9 Å². The van der Waals surface area contributed by atoms with Crippen molar-refractivity contribution in [2.24, 2.45) is 5.10 Å². The van der Waals surface area contributed by atoms with Crippen LogP contribution in [-0.2, 0) is 12.8 Å². The predicted molar refractivity (Wildman–Crippen MR) is 140 cm³/mol. The molecule has 0 spiro atoms. The Kier molecular flexibility index (Phi) is 6.66. The van der Waals surface area contributed by atoms with Gasteiger partial charge in [0.1, 0.15) is 5.82 Å². The van der Waals surface area contributed by atoms with E-state index in [2.05, 4.69) is 84.5 Å². The lowest BCUT2D eigenvalue weighted by Gasteiger charge is -2.17. The van der Waals surface area contributed by atoms with Crippen molar-refractivity contribution in [2.75, 3.05) is 0 Å². The third-order valence-corrected chi connectivity index (χ3v) is 6.55. The van der Waals surface area contributed by atoms with Crippen LogP contribution in [0, 0.1) is 20.8 Å². The van der Waals surface area contributed by atoms with Crippen molar-refractivity contribution < 1.29 is 0 Å². The number of rotatable bonds is 6. The van der Waals surface area contributed by atoms with Crippen molar-refractivity contribution in [1.29, 1.82) is 0 Å². The lowest BCUT2D eigenvalue weighted by atomic mass is 10.1. The zero-order valence-electron chi connectivity index (χ0n) is 19.8. The van der Waals surface area contributed by atoms with E-state index in [0.29, 0.717) is 23.1 Å². The molecule has 0 fully saturated rings. The number of nitrogens with zero attached hydrogens (tertiary/aromatic N) is 4. The topological polar surface area (TPSA) is 52.2 Å². The summed E-state index contributed by atoms with van der Waals surface area (Å²) < 4.78 is 4.59. The Morgan fingerprint density at radius 2 is 1.88 bits per heavy atom. The summed E-state index contributed by atoms with van der Waals surface area (Å²) in [4.78, 5) is 18.0. The van der Waals surface area contributed by atoms with Crippen LogP contribution in [0.4, 0.5) is 0 Å². The molecule has 4 aromatic rings. The highest BCUT2D eigenvalue weighted by atomic mass is 79.9. The van der Waals surface area contributed by atoms with Crippen LogP contribution in [-0.4, -0.2) is 20.4 Å². The van der Waals surface area contributed by atoms with E-state index in [9.17, 15) is 4.79 Å². The van der Waals surface area contributed by atoms with E-state index >= 15 is 0 Å². The number of hydrogen-bond acceptors (Lipinski definition) is 3. The van der Waals surface area contributed by atoms with E-state index in [1.54, 1.807) is 6.21 Å². The van der Waals surface area contributed by atoms with Crippen LogP contribution in [0.1, 0.15) is 54.2 Å². The van der Waals surface area contributed by atoms with Gasteiger partial charge in [0.05, 0.1) is 22.8 Å². The molecule has 4 rings (SSSR count). The van der Waals surface area contributed by atoms with Crippen molar-refractivity contribution >= 4 is 33.0 Å². The molecule has 6 heteroatoms. The van der Waals surface area contributed by atoms with Crippen molar-refractivity contribution in [3.05, 3.63) is 91.2 Å². The molecule has 0 saturated heterocycles. The fourth-order valence-electron chi connectivity index (χ4n) is 4.41. The van der Waals surface area contributed by atoms with Gasteiger partial charge in [-0.15, -0.1) is 0 Å². The average Bonchev–Trinajstić information content (AvgIpc) is 3.07. The lowest BCUT2D eigenvalue weighted by molar-refractivity contribution is 0.703. The second-order valence-corrected chi connectivity index (χ2v) is 9.31. The van der Waals surface area contributed by atoms with Crippen LogP contribution in [0.5, 0.6) is 0 Å². The molecule has 0 radical (unpaired) electrons. The van der Waals surface area contributed by atoms with Crippen molar-refractivity contribution in [1.82, 2.24) is 14.2 Å². The summed E-state index contributed by atoms with van der Waals surface area (Å²) in [6.07, 6.45) is 4.31. The van der Waals surface area contributed by atoms with Crippen LogP contribution in [0.25, 0.3) is 16.6 Å². The van der Waals surface area contributed by atoms with Crippen molar-refractivity contribution in [3.63, 3.8) is 0 Å². The van der Waals surface area contributed by atoms with Crippen LogP contribution in [0.2, 0.25) is 0 Å². The Balaban J connectivity index is 1.85. The highest BCUT2D eigenvalue weighted by Crippen LogP contribution is 2.26. The van der Waals surface area contributed by atoms with E-state index in [1.165, 1.54) is 21.5 Å². The average molecular weight is 505 g/mol. The van der Waals surface area contributed by atoms with Gasteiger partial charge in [0.15, 0.2) is 0 Å². The zero-order valence-corrected chi connectivity index (χ0v) is 21.4. The van der Waals surface area contributed by atoms with Gasteiger partial charge in [-0.25, -0.2) is 4.98 Å². The molecule has 0 aliphatic heterocycles. The molecule has 0 aliphatic rings. The molecular formula is C27H29BrN4O. The summed E-state index contributed by atoms with van der Waals surface area (Å²) in [7, 11) is 0. The summed E-state index contributed by atoms with van der Waals surface area (Å²) in [6, 6.07) is 14.2. The predicted octanol–water partition coefficient (Wildman–Crippen LogP) is 6.27. The third-order valence-electron chi connectivity index (χ3n) is 6.06. The highest BCUT2D eigenvalue weighted by Gasteiger charge is 2.15. The highest BCUT2D eigenvalue weighted by molar-refractivity contribution is 9.10. The molecule has 0 amide bonds. The maximum absolute atomic E-state index is 13.3. The van der Waals surface area contributed by atoms with Gasteiger partial charge in [0.25, 0.3) is 5.56 Å². The number of para-hydroxylation sites is 1. The fourth-order valence-corrected chi connectivity index (χ4v) is 4.77. The van der Waals surface area contributed by atoms with Gasteiger partial charge >= 0.3 is 0 Å². The van der Waals surface area contributed by atoms with E-state index in [-0.39, 0.29) is 5.56 Å². The molecule has 0 unspecified atom stereocenters. The first-order valence-corrected chi connectivity index (χ1v) is 12.2. The number of aromatic nitrogens is 3. The van der Waals surface area contributed by atoms with Crippen molar-refractivity contribution in [3.8, 4) is 5.69 Å². The monoisotopic (exact) mass is 504 g/mol. The van der Waals surface area contributed by atoms with Gasteiger partial charge < -0.3 is 4.57 Å². The van der Waals surface area contributed by atoms with E-state index < -0.39 is 0 Å². The molecule has 2 aromatic heterocycles. The molecule has 5 nitrogen and oxygen atoms in total. The summed E-state index contributed by atoms with van der Waals surface area (Å²) >= 11 is 3.46. The first-order valence-electron chi connectivity index (χ1n) is 11.4. The number of aryl methyl sites for hydroxylation is 4. The molecule has 33 heavy (non-hydrogen) atoms. The SMILES string of the molecule is CCCc1nc2ccc(Br)cc2c(=O)n1N=Cc1cc(C)n(-c2c(C)cccc2CC)c1C. The minimum absolute atomic E-state index is 0.151. The lowest BCUT2D eigenvalue weighted by Crippen LogP contribution is -2.22. The van der Waals surface area contributed by atoms with Gasteiger partial charge in [-0.1, -0.05) is 48.0 Å². The minimum atomic E-state index is -0.151. The fraction of sp³-hybridized carbons (Fsp3) is 0.296. The molecule has 0 atom stereocenters. The quantitative estimate of drug-likeness (QED) is 0.290. The minimum Gasteiger partial charge on any atom is -0.317 e. The van der Waals surface area contributed by atoms with E-state index in [4.69, 9.17) is 4.98 Å². The second kappa shape index (κ2) is 9.48. The van der Waals surface area contributed by atoms with Gasteiger partial charge in [0, 0.05) is 27.8 Å². The second-order valence-electron chi connectivity index (χ2n) is 8.40. The number of benzene rings is 2. The van der Waals surface area contributed by atoms with Gasteiger partial charge in [-0.3, -0.25) is 4.79 Å². The van der Waals surface area contributed by atoms with Gasteiger partial charge in [-0.05, 0) is 69.0 Å². The Morgan fingerprint density at radius 1 is 1.09 bits per heavy atom. The Morgan fingerprint density at radius 3 is 2.61 bits per heavy atom. The summed E-state index contributed by atoms with van der Waals surface area (Å²) in [6.45, 7) is 10.6. The molecule has 0 saturated carbocycles. The largest absolute Gasteiger partial charge is 0.317 e. The molecular weight excluding hydrogens is 476 g/mol. The summed E-state index contributed by atoms with van der Waals surface area (Å²) in [5, 5.41) is 5.19.